The van der Waals surface area contributed by atoms with Crippen molar-refractivity contribution in [2.45, 2.75) is 240 Å². The van der Waals surface area contributed by atoms with Crippen molar-refractivity contribution in [2.24, 2.45) is 0 Å². The summed E-state index contributed by atoms with van der Waals surface area (Å²) in [5, 5.41) is 0. The van der Waals surface area contributed by atoms with E-state index in [1.165, 1.54) is 217 Å². The maximum Gasteiger partial charge on any atom is 0.0945 e. The Morgan fingerprint density at radius 2 is 0.511 bits per heavy atom. The fraction of sp³-hybridized carbons (Fsp3) is 1.00. The zero-order valence-corrected chi connectivity index (χ0v) is 34.1. The fourth-order valence-corrected chi connectivity index (χ4v) is 7.55. The molecule has 0 heterocycles. The van der Waals surface area contributed by atoms with Gasteiger partial charge in [-0.05, 0) is 57.8 Å². The van der Waals surface area contributed by atoms with Gasteiger partial charge >= 0.3 is 0 Å². The molecule has 0 aromatic carbocycles. The Bertz CT molecular complexity index is 612. The molecule has 0 unspecified atom stereocenters. The summed E-state index contributed by atoms with van der Waals surface area (Å²) < 4.78 is 32.2. The van der Waals surface area contributed by atoms with E-state index in [9.17, 15) is 13.0 Å². The Morgan fingerprint density at radius 1 is 0.319 bits per heavy atom. The third kappa shape index (κ3) is 40.2. The minimum atomic E-state index is -3.98. The molecular formula is C42H89NO3S. The van der Waals surface area contributed by atoms with E-state index in [4.69, 9.17) is 0 Å². The van der Waals surface area contributed by atoms with Gasteiger partial charge in [0, 0.05) is 5.75 Å². The number of hydrogen-bond acceptors (Lipinski definition) is 3. The highest BCUT2D eigenvalue weighted by atomic mass is 32.2. The highest BCUT2D eigenvalue weighted by Gasteiger charge is 2.25. The molecule has 0 radical (unpaired) electrons. The van der Waals surface area contributed by atoms with Gasteiger partial charge < -0.3 is 9.04 Å². The number of nitrogens with zero attached hydrogens (tertiary/aromatic N) is 1. The minimum Gasteiger partial charge on any atom is -0.748 e. The summed E-state index contributed by atoms with van der Waals surface area (Å²) in [4.78, 5) is 0. The van der Waals surface area contributed by atoms with E-state index in [1.54, 1.807) is 0 Å². The first-order chi connectivity index (χ1) is 22.8. The van der Waals surface area contributed by atoms with Crippen molar-refractivity contribution in [3.05, 3.63) is 0 Å². The van der Waals surface area contributed by atoms with E-state index < -0.39 is 10.1 Å². The molecule has 0 aliphatic rings. The molecule has 0 aromatic rings. The largest absolute Gasteiger partial charge is 0.748 e. The van der Waals surface area contributed by atoms with Crippen molar-refractivity contribution in [1.29, 1.82) is 0 Å². The van der Waals surface area contributed by atoms with Gasteiger partial charge in [0.25, 0.3) is 0 Å². The first kappa shape index (κ1) is 49.0. The van der Waals surface area contributed by atoms with Gasteiger partial charge in [-0.15, -0.1) is 0 Å². The van der Waals surface area contributed by atoms with Gasteiger partial charge in [-0.1, -0.05) is 182 Å². The van der Waals surface area contributed by atoms with Crippen LogP contribution in [0, 0.1) is 0 Å². The van der Waals surface area contributed by atoms with Gasteiger partial charge in [0.2, 0.25) is 0 Å². The van der Waals surface area contributed by atoms with E-state index in [0.717, 1.165) is 12.8 Å². The van der Waals surface area contributed by atoms with Gasteiger partial charge in [0.15, 0.2) is 0 Å². The minimum absolute atomic E-state index is 0.193. The van der Waals surface area contributed by atoms with Gasteiger partial charge in [0.1, 0.15) is 0 Å². The third-order valence-corrected chi connectivity index (χ3v) is 11.0. The Morgan fingerprint density at radius 3 is 0.723 bits per heavy atom. The molecule has 0 fully saturated rings. The van der Waals surface area contributed by atoms with Crippen LogP contribution in [0.2, 0.25) is 0 Å². The lowest BCUT2D eigenvalue weighted by molar-refractivity contribution is -0.929. The topological polar surface area (TPSA) is 57.2 Å². The lowest BCUT2D eigenvalue weighted by atomic mass is 10.0. The maximum atomic E-state index is 10.2. The Kier molecular flexibility index (Phi) is 40.3. The van der Waals surface area contributed by atoms with Crippen LogP contribution in [-0.4, -0.2) is 49.4 Å². The summed E-state index contributed by atoms with van der Waals surface area (Å²) in [7, 11) is -3.98. The molecule has 47 heavy (non-hydrogen) atoms. The van der Waals surface area contributed by atoms with Crippen molar-refractivity contribution >= 4 is 10.1 Å². The number of unbranched alkanes of at least 4 members (excludes halogenated alkanes) is 27. The smallest absolute Gasteiger partial charge is 0.0945 e. The van der Waals surface area contributed by atoms with Crippen LogP contribution in [0.3, 0.4) is 0 Å². The van der Waals surface area contributed by atoms with Gasteiger partial charge in [0.05, 0.1) is 36.3 Å². The van der Waals surface area contributed by atoms with Crippen LogP contribution in [0.1, 0.15) is 240 Å². The van der Waals surface area contributed by atoms with Crippen LogP contribution >= 0.6 is 0 Å². The molecule has 0 bridgehead atoms. The SMILES string of the molecule is CCCCCCCCCCS(=O)(=O)[O-].CCCCCCCC[N+](CCCCCCCC)(CCCCCCCC)CCCCCCCC. The second kappa shape index (κ2) is 38.7. The Balaban J connectivity index is 0. The first-order valence-electron chi connectivity index (χ1n) is 21.6. The van der Waals surface area contributed by atoms with Crippen LogP contribution < -0.4 is 0 Å². The molecule has 0 saturated heterocycles. The summed E-state index contributed by atoms with van der Waals surface area (Å²) in [6, 6.07) is 0. The summed E-state index contributed by atoms with van der Waals surface area (Å²) in [6.45, 7) is 17.4. The number of quaternary nitrogens is 1. The maximum absolute atomic E-state index is 10.2. The van der Waals surface area contributed by atoms with Crippen LogP contribution in [0.25, 0.3) is 0 Å². The zero-order chi connectivity index (χ0) is 35.2. The molecule has 5 heteroatoms. The van der Waals surface area contributed by atoms with Gasteiger partial charge in [-0.2, -0.15) is 0 Å². The highest BCUT2D eigenvalue weighted by Crippen LogP contribution is 2.21. The monoisotopic (exact) mass is 688 g/mol. The van der Waals surface area contributed by atoms with E-state index in [0.29, 0.717) is 6.42 Å². The zero-order valence-electron chi connectivity index (χ0n) is 33.2. The predicted molar refractivity (Wildman–Crippen MR) is 210 cm³/mol. The molecular weight excluding hydrogens is 599 g/mol. The summed E-state index contributed by atoms with van der Waals surface area (Å²) in [5.74, 6) is -0.193. The molecule has 0 N–H and O–H groups in total. The molecule has 0 spiro atoms. The van der Waals surface area contributed by atoms with E-state index in [-0.39, 0.29) is 5.75 Å². The lowest BCUT2D eigenvalue weighted by Crippen LogP contribution is -2.50. The molecule has 286 valence electrons. The van der Waals surface area contributed by atoms with Gasteiger partial charge in [-0.25, -0.2) is 8.42 Å². The highest BCUT2D eigenvalue weighted by molar-refractivity contribution is 7.85. The number of hydrogen-bond donors (Lipinski definition) is 0. The van der Waals surface area contributed by atoms with Crippen molar-refractivity contribution in [3.8, 4) is 0 Å². The molecule has 0 saturated carbocycles. The molecule has 0 aliphatic carbocycles. The average molecular weight is 688 g/mol. The van der Waals surface area contributed by atoms with Crippen LogP contribution in [0.15, 0.2) is 0 Å². The Hall–Kier alpha value is -0.130. The average Bonchev–Trinajstić information content (AvgIpc) is 3.05. The standard InChI is InChI=1S/C32H68N.C10H22O3S/c1-5-9-13-17-21-25-29-33(30-26-22-18-14-10-6-2,31-27-23-19-15-11-7-3)32-28-24-20-16-12-8-4;1-2-3-4-5-6-7-8-9-10-14(11,12)13/h5-32H2,1-4H3;2-10H2,1H3,(H,11,12,13)/q+1;/p-1. The molecule has 0 atom stereocenters. The fourth-order valence-electron chi connectivity index (χ4n) is 6.99. The predicted octanol–water partition coefficient (Wildman–Crippen LogP) is 13.9. The van der Waals surface area contributed by atoms with Crippen molar-refractivity contribution in [1.82, 2.24) is 0 Å². The van der Waals surface area contributed by atoms with Crippen molar-refractivity contribution in [3.63, 3.8) is 0 Å². The number of rotatable bonds is 37. The second-order valence-corrected chi connectivity index (χ2v) is 16.6. The van der Waals surface area contributed by atoms with E-state index in [1.807, 2.05) is 0 Å². The van der Waals surface area contributed by atoms with Crippen LogP contribution in [0.4, 0.5) is 0 Å². The van der Waals surface area contributed by atoms with Crippen molar-refractivity contribution < 1.29 is 17.5 Å². The summed E-state index contributed by atoms with van der Waals surface area (Å²) >= 11 is 0. The lowest BCUT2D eigenvalue weighted by Gasteiger charge is -2.40. The normalized spacial score (nSPS) is 12.0. The summed E-state index contributed by atoms with van der Waals surface area (Å²) in [5.41, 5.74) is 0. The van der Waals surface area contributed by atoms with E-state index >= 15 is 0 Å². The third-order valence-electron chi connectivity index (χ3n) is 10.2. The quantitative estimate of drug-likeness (QED) is 0.0371. The first-order valence-corrected chi connectivity index (χ1v) is 23.2. The van der Waals surface area contributed by atoms with Crippen LogP contribution in [-0.2, 0) is 10.1 Å². The molecule has 0 rings (SSSR count). The Labute approximate surface area is 298 Å². The summed E-state index contributed by atoms with van der Waals surface area (Å²) in [6.07, 6.45) is 43.4. The second-order valence-electron chi connectivity index (χ2n) is 15.0. The van der Waals surface area contributed by atoms with Crippen LogP contribution in [0.5, 0.6) is 0 Å². The molecule has 0 aromatic heterocycles. The van der Waals surface area contributed by atoms with Gasteiger partial charge in [-0.3, -0.25) is 0 Å². The van der Waals surface area contributed by atoms with Crippen molar-refractivity contribution in [2.75, 3.05) is 31.9 Å². The molecule has 4 nitrogen and oxygen atoms in total. The molecule has 0 aliphatic heterocycles. The molecule has 0 amide bonds. The van der Waals surface area contributed by atoms with E-state index in [2.05, 4.69) is 34.6 Å².